The number of carbonyl (C=O) groups is 2. The number of hydrogen-bond acceptors (Lipinski definition) is 7. The Morgan fingerprint density at radius 2 is 1.81 bits per heavy atom. The summed E-state index contributed by atoms with van der Waals surface area (Å²) in [4.78, 5) is 47.8. The molecule has 0 bridgehead atoms. The molecule has 11 nitrogen and oxygen atoms in total. The van der Waals surface area contributed by atoms with Crippen LogP contribution in [0.25, 0.3) is 5.70 Å². The van der Waals surface area contributed by atoms with E-state index in [0.29, 0.717) is 32.1 Å². The molecule has 1 aromatic rings. The van der Waals surface area contributed by atoms with E-state index >= 15 is 0 Å². The number of fused-ring (bicyclic) bond motifs is 1. The van der Waals surface area contributed by atoms with Gasteiger partial charge in [0.2, 0.25) is 5.91 Å². The molecule has 37 heavy (non-hydrogen) atoms. The van der Waals surface area contributed by atoms with Crippen molar-refractivity contribution in [3.8, 4) is 0 Å². The minimum atomic E-state index is -0.935. The SMILES string of the molecule is CC(C)(N)C(=O)N1CCN(C(=O)Nc2ccn(C3=CCC(CN4C[C@@H]5[C@@H](CN)[C@@H]5C4)CC3)c(=O)n2)CC1. The van der Waals surface area contributed by atoms with Crippen LogP contribution in [0.1, 0.15) is 33.1 Å². The average molecular weight is 513 g/mol. The molecule has 3 heterocycles. The molecule has 2 aliphatic heterocycles. The maximum Gasteiger partial charge on any atom is 0.353 e. The number of nitrogens with two attached hydrogens (primary N) is 2. The standard InChI is InChI=1S/C26H40N8O3/c1-26(2,28)23(35)32-9-11-33(12-10-32)24(36)29-22-7-8-34(25(37)30-22)18-5-3-17(4-6-18)14-31-15-20-19(13-27)21(20)16-31/h5,7-8,17,19-21H,3-4,6,9-16,27-28H2,1-2H3,(H,29,30,36,37)/t17?,19-,20-,21+. The van der Waals surface area contributed by atoms with E-state index in [1.807, 2.05) is 0 Å². The minimum absolute atomic E-state index is 0.130. The van der Waals surface area contributed by atoms with Crippen LogP contribution in [0.3, 0.4) is 0 Å². The molecule has 0 aromatic carbocycles. The van der Waals surface area contributed by atoms with Gasteiger partial charge in [0.1, 0.15) is 5.82 Å². The molecule has 0 radical (unpaired) electrons. The first-order valence-corrected chi connectivity index (χ1v) is 13.5. The second kappa shape index (κ2) is 10.2. The van der Waals surface area contributed by atoms with Crippen molar-refractivity contribution in [2.45, 2.75) is 38.6 Å². The van der Waals surface area contributed by atoms with Gasteiger partial charge in [-0.25, -0.2) is 9.59 Å². The number of nitrogens with zero attached hydrogens (tertiary/aromatic N) is 5. The topological polar surface area (TPSA) is 143 Å². The summed E-state index contributed by atoms with van der Waals surface area (Å²) in [6, 6.07) is 1.33. The number of piperazine rings is 1. The highest BCUT2D eigenvalue weighted by molar-refractivity contribution is 5.89. The van der Waals surface area contributed by atoms with Crippen molar-refractivity contribution in [2.24, 2.45) is 35.1 Å². The summed E-state index contributed by atoms with van der Waals surface area (Å²) in [6.45, 7) is 9.32. The van der Waals surface area contributed by atoms with Gasteiger partial charge in [-0.3, -0.25) is 14.7 Å². The Labute approximate surface area is 217 Å². The highest BCUT2D eigenvalue weighted by Crippen LogP contribution is 2.51. The van der Waals surface area contributed by atoms with Crippen LogP contribution in [0.5, 0.6) is 0 Å². The van der Waals surface area contributed by atoms with Crippen LogP contribution in [-0.2, 0) is 4.79 Å². The zero-order valence-corrected chi connectivity index (χ0v) is 21.9. The third-order valence-corrected chi connectivity index (χ3v) is 8.48. The number of carbonyl (C=O) groups excluding carboxylic acids is 2. The molecule has 1 aromatic heterocycles. The van der Waals surface area contributed by atoms with Crippen molar-refractivity contribution < 1.29 is 9.59 Å². The maximum absolute atomic E-state index is 12.7. The van der Waals surface area contributed by atoms with Crippen molar-refractivity contribution in [3.05, 3.63) is 28.8 Å². The van der Waals surface area contributed by atoms with Gasteiger partial charge < -0.3 is 26.2 Å². The molecular formula is C26H40N8O3. The fraction of sp³-hybridized carbons (Fsp3) is 0.692. The van der Waals surface area contributed by atoms with E-state index in [9.17, 15) is 14.4 Å². The van der Waals surface area contributed by atoms with Gasteiger partial charge in [-0.1, -0.05) is 6.08 Å². The van der Waals surface area contributed by atoms with E-state index in [0.717, 1.165) is 55.8 Å². The van der Waals surface area contributed by atoms with Crippen LogP contribution in [0.15, 0.2) is 23.1 Å². The number of nitrogens with one attached hydrogen (secondary N) is 1. The predicted molar refractivity (Wildman–Crippen MR) is 142 cm³/mol. The Balaban J connectivity index is 1.10. The zero-order chi connectivity index (χ0) is 26.3. The van der Waals surface area contributed by atoms with E-state index in [4.69, 9.17) is 11.5 Å². The average Bonchev–Trinajstić information content (AvgIpc) is 3.36. The van der Waals surface area contributed by atoms with Crippen LogP contribution in [0, 0.1) is 23.7 Å². The Bertz CT molecular complexity index is 1110. The number of amides is 3. The molecule has 5 rings (SSSR count). The Morgan fingerprint density at radius 3 is 2.38 bits per heavy atom. The van der Waals surface area contributed by atoms with Gasteiger partial charge >= 0.3 is 11.7 Å². The van der Waals surface area contributed by atoms with Crippen molar-refractivity contribution in [2.75, 3.05) is 57.7 Å². The van der Waals surface area contributed by atoms with Gasteiger partial charge in [-0.05, 0) is 69.4 Å². The largest absolute Gasteiger partial charge is 0.353 e. The minimum Gasteiger partial charge on any atom is -0.338 e. The van der Waals surface area contributed by atoms with Gasteiger partial charge in [-0.15, -0.1) is 0 Å². The van der Waals surface area contributed by atoms with E-state index in [2.05, 4.69) is 21.3 Å². The number of hydrogen-bond donors (Lipinski definition) is 3. The highest BCUT2D eigenvalue weighted by Gasteiger charge is 2.54. The number of piperidine rings is 1. The summed E-state index contributed by atoms with van der Waals surface area (Å²) in [5.41, 5.74) is 11.4. The number of aromatic nitrogens is 2. The molecule has 3 fully saturated rings. The molecule has 11 heteroatoms. The second-order valence-electron chi connectivity index (χ2n) is 11.7. The van der Waals surface area contributed by atoms with Crippen LogP contribution in [0.2, 0.25) is 0 Å². The lowest BCUT2D eigenvalue weighted by atomic mass is 9.91. The van der Waals surface area contributed by atoms with Crippen molar-refractivity contribution >= 4 is 23.5 Å². The quantitative estimate of drug-likeness (QED) is 0.502. The van der Waals surface area contributed by atoms with Gasteiger partial charge in [0.25, 0.3) is 0 Å². The second-order valence-corrected chi connectivity index (χ2v) is 11.7. The molecule has 3 amide bonds. The van der Waals surface area contributed by atoms with Gasteiger partial charge in [0.05, 0.1) is 5.54 Å². The monoisotopic (exact) mass is 512 g/mol. The summed E-state index contributed by atoms with van der Waals surface area (Å²) in [7, 11) is 0. The molecule has 2 aliphatic carbocycles. The van der Waals surface area contributed by atoms with Crippen LogP contribution < -0.4 is 22.5 Å². The summed E-state index contributed by atoms with van der Waals surface area (Å²) in [6.07, 6.45) is 6.71. The molecule has 5 N–H and O–H groups in total. The molecule has 2 saturated heterocycles. The molecule has 1 saturated carbocycles. The van der Waals surface area contributed by atoms with E-state index in [-0.39, 0.29) is 17.8 Å². The van der Waals surface area contributed by atoms with E-state index < -0.39 is 11.2 Å². The van der Waals surface area contributed by atoms with Crippen LogP contribution in [-0.4, -0.2) is 94.1 Å². The smallest absolute Gasteiger partial charge is 0.338 e. The first kappa shape index (κ1) is 25.9. The third-order valence-electron chi connectivity index (χ3n) is 8.48. The first-order chi connectivity index (χ1) is 17.6. The summed E-state index contributed by atoms with van der Waals surface area (Å²) in [5, 5.41) is 2.72. The molecule has 4 aliphatic rings. The van der Waals surface area contributed by atoms with E-state index in [1.165, 1.54) is 13.1 Å². The highest BCUT2D eigenvalue weighted by atomic mass is 16.2. The zero-order valence-electron chi connectivity index (χ0n) is 21.9. The van der Waals surface area contributed by atoms with Crippen molar-refractivity contribution in [1.29, 1.82) is 0 Å². The molecular weight excluding hydrogens is 472 g/mol. The fourth-order valence-electron chi connectivity index (χ4n) is 6.26. The van der Waals surface area contributed by atoms with Crippen molar-refractivity contribution in [1.82, 2.24) is 24.3 Å². The first-order valence-electron chi connectivity index (χ1n) is 13.5. The van der Waals surface area contributed by atoms with Gasteiger partial charge in [-0.2, -0.15) is 4.98 Å². The number of urea groups is 1. The lowest BCUT2D eigenvalue weighted by molar-refractivity contribution is -0.137. The van der Waals surface area contributed by atoms with Crippen LogP contribution in [0.4, 0.5) is 10.6 Å². The molecule has 202 valence electrons. The van der Waals surface area contributed by atoms with Gasteiger partial charge in [0.15, 0.2) is 0 Å². The molecule has 4 atom stereocenters. The van der Waals surface area contributed by atoms with Crippen molar-refractivity contribution in [3.63, 3.8) is 0 Å². The van der Waals surface area contributed by atoms with Crippen LogP contribution >= 0.6 is 0 Å². The van der Waals surface area contributed by atoms with Gasteiger partial charge in [0, 0.05) is 57.7 Å². The predicted octanol–water partition coefficient (Wildman–Crippen LogP) is 0.434. The lowest BCUT2D eigenvalue weighted by Gasteiger charge is -2.37. The number of allylic oxidation sites excluding steroid dienone is 2. The normalized spacial score (nSPS) is 28.1. The number of anilines is 1. The Morgan fingerprint density at radius 1 is 1.14 bits per heavy atom. The maximum atomic E-state index is 12.7. The lowest BCUT2D eigenvalue weighted by Crippen LogP contribution is -2.58. The summed E-state index contributed by atoms with van der Waals surface area (Å²) >= 11 is 0. The number of likely N-dealkylation sites (tertiary alicyclic amines) is 1. The Kier molecular flexibility index (Phi) is 7.12. The fourth-order valence-corrected chi connectivity index (χ4v) is 6.26. The third kappa shape index (κ3) is 5.58. The summed E-state index contributed by atoms with van der Waals surface area (Å²) in [5.74, 6) is 3.11. The summed E-state index contributed by atoms with van der Waals surface area (Å²) < 4.78 is 1.59. The Hall–Kier alpha value is -2.76. The number of rotatable bonds is 6. The van der Waals surface area contributed by atoms with E-state index in [1.54, 1.807) is 40.5 Å². The molecule has 1 unspecified atom stereocenters. The molecule has 0 spiro atoms.